The van der Waals surface area contributed by atoms with E-state index in [1.165, 1.54) is 6.42 Å². The van der Waals surface area contributed by atoms with Gasteiger partial charge in [-0.1, -0.05) is 6.92 Å². The van der Waals surface area contributed by atoms with Crippen molar-refractivity contribution < 1.29 is 14.3 Å². The average Bonchev–Trinajstić information content (AvgIpc) is 2.42. The highest BCUT2D eigenvalue weighted by Crippen LogP contribution is 2.36. The summed E-state index contributed by atoms with van der Waals surface area (Å²) in [5.74, 6) is 0.257. The highest BCUT2D eigenvalue weighted by molar-refractivity contribution is 5.77. The molecule has 2 amide bonds. The zero-order chi connectivity index (χ0) is 16.5. The topological polar surface area (TPSA) is 49.9 Å². The molecule has 2 bridgehead atoms. The van der Waals surface area contributed by atoms with Gasteiger partial charge in [0.05, 0.1) is 0 Å². The first-order valence-corrected chi connectivity index (χ1v) is 8.50. The van der Waals surface area contributed by atoms with E-state index in [-0.39, 0.29) is 30.1 Å². The minimum absolute atomic E-state index is 0.172. The monoisotopic (exact) mass is 310 g/mol. The molecule has 0 aromatic rings. The van der Waals surface area contributed by atoms with Crippen LogP contribution < -0.4 is 0 Å². The average molecular weight is 310 g/mol. The Morgan fingerprint density at radius 1 is 1.18 bits per heavy atom. The molecule has 0 aromatic carbocycles. The van der Waals surface area contributed by atoms with Gasteiger partial charge < -0.3 is 14.5 Å². The van der Waals surface area contributed by atoms with Crippen LogP contribution in [-0.2, 0) is 9.53 Å². The molecule has 0 N–H and O–H groups in total. The van der Waals surface area contributed by atoms with Crippen LogP contribution in [0.4, 0.5) is 4.79 Å². The second kappa shape index (κ2) is 6.47. The minimum Gasteiger partial charge on any atom is -0.444 e. The van der Waals surface area contributed by atoms with E-state index in [0.717, 1.165) is 25.7 Å². The van der Waals surface area contributed by atoms with Gasteiger partial charge in [0.25, 0.3) is 0 Å². The quantitative estimate of drug-likeness (QED) is 0.787. The molecule has 0 unspecified atom stereocenters. The van der Waals surface area contributed by atoms with Crippen LogP contribution in [0, 0.1) is 0 Å². The summed E-state index contributed by atoms with van der Waals surface area (Å²) < 4.78 is 5.48. The Morgan fingerprint density at radius 3 is 2.18 bits per heavy atom. The van der Waals surface area contributed by atoms with E-state index in [0.29, 0.717) is 6.42 Å². The highest BCUT2D eigenvalue weighted by Gasteiger charge is 2.42. The van der Waals surface area contributed by atoms with Gasteiger partial charge in [-0.15, -0.1) is 0 Å². The van der Waals surface area contributed by atoms with Crippen LogP contribution in [0.15, 0.2) is 0 Å². The number of rotatable bonds is 2. The minimum atomic E-state index is -0.472. The molecule has 2 saturated heterocycles. The Bertz CT molecular complexity index is 416. The number of carbonyl (C=O) groups excluding carboxylic acids is 2. The van der Waals surface area contributed by atoms with Crippen molar-refractivity contribution >= 4 is 12.0 Å². The Labute approximate surface area is 134 Å². The van der Waals surface area contributed by atoms with Crippen molar-refractivity contribution in [2.75, 3.05) is 7.05 Å². The molecule has 0 radical (unpaired) electrons. The summed E-state index contributed by atoms with van der Waals surface area (Å²) in [5, 5.41) is 0. The summed E-state index contributed by atoms with van der Waals surface area (Å²) in [6, 6.07) is 0.746. The smallest absolute Gasteiger partial charge is 0.410 e. The molecule has 5 nitrogen and oxygen atoms in total. The molecule has 2 rings (SSSR count). The van der Waals surface area contributed by atoms with E-state index >= 15 is 0 Å². The van der Waals surface area contributed by atoms with E-state index in [2.05, 4.69) is 4.90 Å². The number of nitrogens with zero attached hydrogens (tertiary/aromatic N) is 2. The van der Waals surface area contributed by atoms with Crippen molar-refractivity contribution in [3.05, 3.63) is 0 Å². The fourth-order valence-electron chi connectivity index (χ4n) is 3.74. The van der Waals surface area contributed by atoms with Crippen molar-refractivity contribution in [3.8, 4) is 0 Å². The van der Waals surface area contributed by atoms with E-state index < -0.39 is 5.60 Å². The van der Waals surface area contributed by atoms with Crippen LogP contribution in [0.1, 0.15) is 66.2 Å². The Morgan fingerprint density at radius 2 is 1.73 bits per heavy atom. The van der Waals surface area contributed by atoms with Crippen molar-refractivity contribution in [1.29, 1.82) is 0 Å². The van der Waals surface area contributed by atoms with Gasteiger partial charge >= 0.3 is 6.09 Å². The van der Waals surface area contributed by atoms with Gasteiger partial charge in [0.1, 0.15) is 5.60 Å². The molecular formula is C17H30N2O3. The Balaban J connectivity index is 2.04. The first-order valence-electron chi connectivity index (χ1n) is 8.50. The maximum absolute atomic E-state index is 12.3. The molecule has 3 atom stereocenters. The van der Waals surface area contributed by atoms with E-state index in [9.17, 15) is 9.59 Å². The molecule has 0 aromatic heterocycles. The summed E-state index contributed by atoms with van der Waals surface area (Å²) in [5.41, 5.74) is -0.472. The van der Waals surface area contributed by atoms with E-state index in [4.69, 9.17) is 4.74 Å². The summed E-state index contributed by atoms with van der Waals surface area (Å²) in [6.07, 6.45) is 5.36. The molecule has 2 fully saturated rings. The fraction of sp³-hybridized carbons (Fsp3) is 0.882. The maximum Gasteiger partial charge on any atom is 0.410 e. The second-order valence-electron chi connectivity index (χ2n) is 7.61. The molecule has 0 aliphatic carbocycles. The van der Waals surface area contributed by atoms with Gasteiger partial charge in [-0.3, -0.25) is 4.79 Å². The maximum atomic E-state index is 12.3. The van der Waals surface area contributed by atoms with Crippen LogP contribution in [0.2, 0.25) is 0 Å². The molecule has 126 valence electrons. The largest absolute Gasteiger partial charge is 0.444 e. The number of hydrogen-bond acceptors (Lipinski definition) is 3. The van der Waals surface area contributed by atoms with Gasteiger partial charge in [0.2, 0.25) is 5.91 Å². The normalized spacial score (nSPS) is 28.2. The molecular weight excluding hydrogens is 280 g/mol. The lowest BCUT2D eigenvalue weighted by atomic mass is 9.81. The lowest BCUT2D eigenvalue weighted by Gasteiger charge is -2.50. The summed E-state index contributed by atoms with van der Waals surface area (Å²) >= 11 is 0. The molecule has 22 heavy (non-hydrogen) atoms. The second-order valence-corrected chi connectivity index (χ2v) is 7.61. The van der Waals surface area contributed by atoms with Crippen LogP contribution >= 0.6 is 0 Å². The third kappa shape index (κ3) is 3.73. The van der Waals surface area contributed by atoms with E-state index in [1.807, 2.05) is 34.7 Å². The Kier molecular flexibility index (Phi) is 5.03. The first kappa shape index (κ1) is 17.1. The third-order valence-electron chi connectivity index (χ3n) is 4.77. The SMILES string of the molecule is CCC(=O)N1[C@@H]2CCC[C@H]1C[C@@H](N(C)C(=O)OC(C)(C)C)C2. The van der Waals surface area contributed by atoms with Crippen molar-refractivity contribution in [2.24, 2.45) is 0 Å². The summed E-state index contributed by atoms with van der Waals surface area (Å²) in [6.45, 7) is 7.58. The van der Waals surface area contributed by atoms with Crippen LogP contribution in [0.25, 0.3) is 0 Å². The van der Waals surface area contributed by atoms with Crippen LogP contribution in [0.5, 0.6) is 0 Å². The number of carbonyl (C=O) groups is 2. The predicted molar refractivity (Wildman–Crippen MR) is 85.6 cm³/mol. The van der Waals surface area contributed by atoms with Crippen LogP contribution in [0.3, 0.4) is 0 Å². The summed E-state index contributed by atoms with van der Waals surface area (Å²) in [7, 11) is 1.83. The molecule has 0 saturated carbocycles. The number of piperidine rings is 2. The number of fused-ring (bicyclic) bond motifs is 2. The van der Waals surface area contributed by atoms with Crippen molar-refractivity contribution in [3.63, 3.8) is 0 Å². The third-order valence-corrected chi connectivity index (χ3v) is 4.77. The van der Waals surface area contributed by atoms with Crippen LogP contribution in [-0.4, -0.2) is 52.6 Å². The zero-order valence-electron chi connectivity index (χ0n) is 14.6. The summed E-state index contributed by atoms with van der Waals surface area (Å²) in [4.78, 5) is 28.3. The first-order chi connectivity index (χ1) is 10.2. The molecule has 2 aliphatic heterocycles. The van der Waals surface area contributed by atoms with E-state index in [1.54, 1.807) is 4.90 Å². The highest BCUT2D eigenvalue weighted by atomic mass is 16.6. The predicted octanol–water partition coefficient (Wildman–Crippen LogP) is 3.18. The van der Waals surface area contributed by atoms with Gasteiger partial charge in [-0.05, 0) is 52.9 Å². The lowest BCUT2D eigenvalue weighted by Crippen LogP contribution is -2.59. The van der Waals surface area contributed by atoms with Gasteiger partial charge in [-0.25, -0.2) is 4.79 Å². The standard InChI is InChI=1S/C17H30N2O3/c1-6-15(20)19-12-8-7-9-13(19)11-14(10-12)18(5)16(21)22-17(2,3)4/h12-14H,6-11H2,1-5H3/t12-,13+,14+. The fourth-order valence-corrected chi connectivity index (χ4v) is 3.74. The molecule has 0 spiro atoms. The molecule has 5 heteroatoms. The molecule has 2 heterocycles. The number of ether oxygens (including phenoxy) is 1. The molecule has 2 aliphatic rings. The van der Waals surface area contributed by atoms with Gasteiger partial charge in [0, 0.05) is 31.6 Å². The zero-order valence-corrected chi connectivity index (χ0v) is 14.6. The van der Waals surface area contributed by atoms with Gasteiger partial charge in [0.15, 0.2) is 0 Å². The lowest BCUT2D eigenvalue weighted by molar-refractivity contribution is -0.142. The number of hydrogen-bond donors (Lipinski definition) is 0. The van der Waals surface area contributed by atoms with Crippen molar-refractivity contribution in [1.82, 2.24) is 9.80 Å². The number of amides is 2. The Hall–Kier alpha value is -1.26. The van der Waals surface area contributed by atoms with Crippen molar-refractivity contribution in [2.45, 2.75) is 89.9 Å². The van der Waals surface area contributed by atoms with Gasteiger partial charge in [-0.2, -0.15) is 0 Å².